The summed E-state index contributed by atoms with van der Waals surface area (Å²) in [7, 11) is -4.88. The quantitative estimate of drug-likeness (QED) is 0.0995. The fourth-order valence-corrected chi connectivity index (χ4v) is 8.07. The van der Waals surface area contributed by atoms with Gasteiger partial charge < -0.3 is 4.74 Å². The molecule has 0 fully saturated rings. The van der Waals surface area contributed by atoms with Gasteiger partial charge in [0, 0.05) is 18.2 Å². The molecule has 0 bridgehead atoms. The number of hydrogen-bond donors (Lipinski definition) is 1. The summed E-state index contributed by atoms with van der Waals surface area (Å²) >= 11 is 0.999. The summed E-state index contributed by atoms with van der Waals surface area (Å²) in [6.07, 6.45) is 0.912. The van der Waals surface area contributed by atoms with E-state index in [-0.39, 0.29) is 22.9 Å². The fourth-order valence-electron chi connectivity index (χ4n) is 3.75. The van der Waals surface area contributed by atoms with Gasteiger partial charge in [0.25, 0.3) is 5.69 Å². The molecule has 0 unspecified atom stereocenters. The Labute approximate surface area is 226 Å². The van der Waals surface area contributed by atoms with Crippen LogP contribution in [-0.4, -0.2) is 19.6 Å². The summed E-state index contributed by atoms with van der Waals surface area (Å²) in [5.41, 5.74) is -0.366. The monoisotopic (exact) mass is 595 g/mol. The molecule has 0 aliphatic carbocycles. The Morgan fingerprint density at radius 1 is 0.846 bits per heavy atom. The smallest absolute Gasteiger partial charge is 0.273 e. The summed E-state index contributed by atoms with van der Waals surface area (Å²) in [5, 5.41) is 11.2. The maximum Gasteiger partial charge on any atom is 0.273 e. The van der Waals surface area contributed by atoms with Crippen LogP contribution in [0, 0.1) is 33.4 Å². The highest BCUT2D eigenvalue weighted by molar-refractivity contribution is 8.04. The van der Waals surface area contributed by atoms with Gasteiger partial charge in [-0.15, -0.1) is 0 Å². The standard InChI is InChI=1S/C25H15F4N2O5S3/c1-39(34,35)30-20-7-2-13(31(32)33)8-21(20)36-14-3-5-15(6-4-14)38-24-11-18(28)16(26)9-22(24)37-23-10-17(27)19(29)12-25(23)38/h2-12,30H,1H3/q+1. The molecule has 4 aromatic rings. The van der Waals surface area contributed by atoms with E-state index in [1.807, 2.05) is 0 Å². The molecule has 0 radical (unpaired) electrons. The number of nitrogens with zero attached hydrogens (tertiary/aromatic N) is 1. The third kappa shape index (κ3) is 5.53. The second-order valence-electron chi connectivity index (χ2n) is 8.22. The number of nitro benzene ring substituents is 1. The number of rotatable bonds is 6. The van der Waals surface area contributed by atoms with Crippen molar-refractivity contribution >= 4 is 44.1 Å². The lowest BCUT2D eigenvalue weighted by molar-refractivity contribution is -0.384. The van der Waals surface area contributed by atoms with E-state index in [2.05, 4.69) is 4.72 Å². The van der Waals surface area contributed by atoms with Gasteiger partial charge in [-0.2, -0.15) is 0 Å². The van der Waals surface area contributed by atoms with Crippen molar-refractivity contribution in [1.82, 2.24) is 0 Å². The highest BCUT2D eigenvalue weighted by Gasteiger charge is 2.40. The van der Waals surface area contributed by atoms with Gasteiger partial charge in [0.05, 0.1) is 32.7 Å². The van der Waals surface area contributed by atoms with Crippen LogP contribution in [0.4, 0.5) is 28.9 Å². The van der Waals surface area contributed by atoms with Gasteiger partial charge in [-0.3, -0.25) is 14.8 Å². The first-order valence-corrected chi connectivity index (χ1v) is 14.8. The lowest BCUT2D eigenvalue weighted by Gasteiger charge is -2.19. The minimum absolute atomic E-state index is 0.0313. The number of benzene rings is 4. The van der Waals surface area contributed by atoms with Gasteiger partial charge in [-0.25, -0.2) is 26.0 Å². The Kier molecular flexibility index (Phi) is 6.95. The van der Waals surface area contributed by atoms with Crippen LogP contribution in [0.5, 0.6) is 11.5 Å². The van der Waals surface area contributed by atoms with Crippen molar-refractivity contribution in [3.8, 4) is 11.5 Å². The number of hydrogen-bond acceptors (Lipinski definition) is 6. The Morgan fingerprint density at radius 2 is 1.38 bits per heavy atom. The minimum Gasteiger partial charge on any atom is -0.455 e. The summed E-state index contributed by atoms with van der Waals surface area (Å²) in [6, 6.07) is 13.6. The Morgan fingerprint density at radius 3 is 1.90 bits per heavy atom. The molecule has 0 amide bonds. The second-order valence-corrected chi connectivity index (χ2v) is 13.0. The third-order valence-electron chi connectivity index (χ3n) is 5.39. The van der Waals surface area contributed by atoms with Crippen LogP contribution in [0.2, 0.25) is 0 Å². The summed E-state index contributed by atoms with van der Waals surface area (Å²) in [5.74, 6) is -4.29. The normalized spacial score (nSPS) is 12.9. The molecule has 5 rings (SSSR count). The highest BCUT2D eigenvalue weighted by atomic mass is 32.2. The lowest BCUT2D eigenvalue weighted by atomic mass is 10.2. The lowest BCUT2D eigenvalue weighted by Crippen LogP contribution is -2.13. The molecule has 7 nitrogen and oxygen atoms in total. The second kappa shape index (κ2) is 10.1. The molecular weight excluding hydrogens is 580 g/mol. The minimum atomic E-state index is -3.73. The molecule has 0 spiro atoms. The van der Waals surface area contributed by atoms with Crippen molar-refractivity contribution in [2.24, 2.45) is 0 Å². The molecule has 0 saturated heterocycles. The summed E-state index contributed by atoms with van der Waals surface area (Å²) < 4.78 is 87.9. The van der Waals surface area contributed by atoms with Crippen LogP contribution in [0.1, 0.15) is 0 Å². The van der Waals surface area contributed by atoms with Crippen LogP contribution in [0.15, 0.2) is 91.2 Å². The first kappa shape index (κ1) is 26.8. The van der Waals surface area contributed by atoms with Crippen molar-refractivity contribution in [3.05, 3.63) is 100 Å². The molecule has 200 valence electrons. The number of ether oxygens (including phenoxy) is 1. The van der Waals surface area contributed by atoms with Gasteiger partial charge in [0.1, 0.15) is 16.6 Å². The Hall–Kier alpha value is -3.75. The number of halogens is 4. The molecule has 0 atom stereocenters. The van der Waals surface area contributed by atoms with Gasteiger partial charge >= 0.3 is 0 Å². The molecule has 14 heteroatoms. The van der Waals surface area contributed by atoms with E-state index in [1.165, 1.54) is 18.2 Å². The van der Waals surface area contributed by atoms with Gasteiger partial charge in [-0.1, -0.05) is 11.8 Å². The van der Waals surface area contributed by atoms with Crippen molar-refractivity contribution in [3.63, 3.8) is 0 Å². The SMILES string of the molecule is CS(=O)(=O)Nc1ccc([N+](=O)[O-])cc1Oc1ccc([S+]2c3cc(F)c(F)cc3Sc3cc(F)c(F)cc32)cc1. The highest BCUT2D eigenvalue weighted by Crippen LogP contribution is 2.49. The average molecular weight is 596 g/mol. The van der Waals surface area contributed by atoms with Crippen molar-refractivity contribution < 1.29 is 35.6 Å². The van der Waals surface area contributed by atoms with Crippen molar-refractivity contribution in [2.75, 3.05) is 11.0 Å². The van der Waals surface area contributed by atoms with Crippen LogP contribution in [-0.2, 0) is 20.9 Å². The van der Waals surface area contributed by atoms with E-state index in [9.17, 15) is 36.1 Å². The predicted molar refractivity (Wildman–Crippen MR) is 137 cm³/mol. The van der Waals surface area contributed by atoms with Crippen LogP contribution in [0.25, 0.3) is 0 Å². The molecule has 1 N–H and O–H groups in total. The molecule has 0 saturated carbocycles. The Bertz CT molecular complexity index is 1690. The van der Waals surface area contributed by atoms with Gasteiger partial charge in [0.2, 0.25) is 10.0 Å². The molecule has 1 heterocycles. The van der Waals surface area contributed by atoms with E-state index < -0.39 is 49.1 Å². The number of fused-ring (bicyclic) bond motifs is 2. The first-order chi connectivity index (χ1) is 18.4. The molecule has 0 aromatic heterocycles. The predicted octanol–water partition coefficient (Wildman–Crippen LogP) is 6.88. The average Bonchev–Trinajstić information content (AvgIpc) is 2.85. The van der Waals surface area contributed by atoms with Crippen molar-refractivity contribution in [1.29, 1.82) is 0 Å². The van der Waals surface area contributed by atoms with E-state index in [0.29, 0.717) is 24.5 Å². The van der Waals surface area contributed by atoms with Crippen LogP contribution < -0.4 is 9.46 Å². The van der Waals surface area contributed by atoms with Crippen LogP contribution in [0.3, 0.4) is 0 Å². The molecule has 39 heavy (non-hydrogen) atoms. The summed E-state index contributed by atoms with van der Waals surface area (Å²) in [4.78, 5) is 12.6. The largest absolute Gasteiger partial charge is 0.455 e. The maximum atomic E-state index is 14.2. The molecule has 4 aromatic carbocycles. The van der Waals surface area contributed by atoms with Gasteiger partial charge in [-0.05, 0) is 42.5 Å². The summed E-state index contributed by atoms with van der Waals surface area (Å²) in [6.45, 7) is 0. The number of nitrogens with one attached hydrogen (secondary N) is 1. The first-order valence-electron chi connectivity index (χ1n) is 10.8. The third-order valence-corrected chi connectivity index (χ3v) is 9.65. The van der Waals surface area contributed by atoms with E-state index in [0.717, 1.165) is 54.4 Å². The molecular formula is C25H15F4N2O5S3+. The van der Waals surface area contributed by atoms with Crippen LogP contribution >= 0.6 is 11.8 Å². The van der Waals surface area contributed by atoms with E-state index in [1.54, 1.807) is 12.1 Å². The number of sulfonamides is 1. The Balaban J connectivity index is 1.55. The van der Waals surface area contributed by atoms with E-state index >= 15 is 0 Å². The molecule has 1 aliphatic rings. The molecule has 1 aliphatic heterocycles. The van der Waals surface area contributed by atoms with Gasteiger partial charge in [0.15, 0.2) is 43.7 Å². The number of non-ortho nitro benzene ring substituents is 1. The van der Waals surface area contributed by atoms with Crippen molar-refractivity contribution in [2.45, 2.75) is 24.5 Å². The zero-order valence-corrected chi connectivity index (χ0v) is 22.0. The topological polar surface area (TPSA) is 98.5 Å². The zero-order valence-electron chi connectivity index (χ0n) is 19.6. The number of anilines is 1. The zero-order chi connectivity index (χ0) is 28.1. The fraction of sp³-hybridized carbons (Fsp3) is 0.0400. The van der Waals surface area contributed by atoms with E-state index in [4.69, 9.17) is 4.74 Å². The number of nitro groups is 1. The maximum absolute atomic E-state index is 14.2.